The van der Waals surface area contributed by atoms with Crippen LogP contribution in [-0.4, -0.2) is 25.2 Å². The summed E-state index contributed by atoms with van der Waals surface area (Å²) in [5.41, 5.74) is 8.96. The fourth-order valence-electron chi connectivity index (χ4n) is 3.14. The molecule has 1 unspecified atom stereocenters. The highest BCUT2D eigenvalue weighted by Gasteiger charge is 2.13. The zero-order valence-electron chi connectivity index (χ0n) is 19.4. The van der Waals surface area contributed by atoms with E-state index in [1.54, 1.807) is 0 Å². The normalized spacial score (nSPS) is 13.1. The molecule has 0 heterocycles. The van der Waals surface area contributed by atoms with Gasteiger partial charge in [-0.25, -0.2) is 0 Å². The third-order valence-corrected chi connectivity index (χ3v) is 4.95. The lowest BCUT2D eigenvalue weighted by Crippen LogP contribution is -2.30. The Morgan fingerprint density at radius 3 is 2.50 bits per heavy atom. The number of ether oxygens (including phenoxy) is 2. The van der Waals surface area contributed by atoms with E-state index in [0.29, 0.717) is 19.2 Å². The van der Waals surface area contributed by atoms with Gasteiger partial charge < -0.3 is 20.5 Å². The van der Waals surface area contributed by atoms with Crippen LogP contribution in [0.15, 0.2) is 41.8 Å². The van der Waals surface area contributed by atoms with Gasteiger partial charge in [0.25, 0.3) is 0 Å². The number of hydrogen-bond donors (Lipinski definition) is 2. The van der Waals surface area contributed by atoms with E-state index in [9.17, 15) is 4.79 Å². The van der Waals surface area contributed by atoms with Crippen molar-refractivity contribution in [2.45, 2.75) is 79.2 Å². The number of aryl methyl sites for hydroxylation is 1. The summed E-state index contributed by atoms with van der Waals surface area (Å²) in [5.74, 6) is 1.41. The molecule has 0 spiro atoms. The standard InChI is InChI=1S/C25H40N2O3/c1-6-11-22(18-26)27-21(8-3)14-15-23(9-4)30-24-16-19(7-2)12-13-20(24)17-25(28)29-10-5/h11-13,15-16,21,27H,6-10,14,17-18,26H2,1-5H3/b22-11-,23-15+. The molecule has 0 aromatic heterocycles. The minimum absolute atomic E-state index is 0.213. The lowest BCUT2D eigenvalue weighted by atomic mass is 10.1. The van der Waals surface area contributed by atoms with Crippen LogP contribution in [0.4, 0.5) is 0 Å². The Morgan fingerprint density at radius 2 is 1.93 bits per heavy atom. The van der Waals surface area contributed by atoms with E-state index >= 15 is 0 Å². The average molecular weight is 417 g/mol. The quantitative estimate of drug-likeness (QED) is 0.328. The molecule has 5 heteroatoms. The highest BCUT2D eigenvalue weighted by atomic mass is 16.5. The molecule has 1 aromatic carbocycles. The van der Waals surface area contributed by atoms with Crippen molar-refractivity contribution in [3.8, 4) is 5.75 Å². The molecule has 0 bridgehead atoms. The van der Waals surface area contributed by atoms with Crippen LogP contribution >= 0.6 is 0 Å². The fourth-order valence-corrected chi connectivity index (χ4v) is 3.14. The Bertz CT molecular complexity index is 710. The molecular weight excluding hydrogens is 376 g/mol. The second-order valence-electron chi connectivity index (χ2n) is 7.23. The molecule has 0 saturated heterocycles. The highest BCUT2D eigenvalue weighted by Crippen LogP contribution is 2.25. The number of hydrogen-bond acceptors (Lipinski definition) is 5. The summed E-state index contributed by atoms with van der Waals surface area (Å²) in [6, 6.07) is 6.35. The van der Waals surface area contributed by atoms with E-state index in [1.807, 2.05) is 25.1 Å². The molecule has 5 nitrogen and oxygen atoms in total. The summed E-state index contributed by atoms with van der Waals surface area (Å²) in [6.07, 6.45) is 9.00. The second-order valence-corrected chi connectivity index (χ2v) is 7.23. The maximum Gasteiger partial charge on any atom is 0.310 e. The Labute approximate surface area is 182 Å². The summed E-state index contributed by atoms with van der Waals surface area (Å²) in [7, 11) is 0. The maximum atomic E-state index is 12.0. The molecule has 0 saturated carbocycles. The van der Waals surface area contributed by atoms with Gasteiger partial charge in [-0.15, -0.1) is 0 Å². The van der Waals surface area contributed by atoms with Crippen molar-refractivity contribution in [3.05, 3.63) is 52.9 Å². The van der Waals surface area contributed by atoms with Crippen molar-refractivity contribution in [2.75, 3.05) is 13.2 Å². The minimum atomic E-state index is -0.235. The van der Waals surface area contributed by atoms with Crippen molar-refractivity contribution in [2.24, 2.45) is 5.73 Å². The zero-order chi connectivity index (χ0) is 22.4. The molecule has 3 N–H and O–H groups in total. The number of carbonyl (C=O) groups excluding carboxylic acids is 1. The van der Waals surface area contributed by atoms with Crippen molar-refractivity contribution in [1.82, 2.24) is 5.32 Å². The summed E-state index contributed by atoms with van der Waals surface area (Å²) in [5, 5.41) is 3.54. The molecule has 0 amide bonds. The summed E-state index contributed by atoms with van der Waals surface area (Å²) in [4.78, 5) is 12.0. The zero-order valence-corrected chi connectivity index (χ0v) is 19.4. The molecule has 1 rings (SSSR count). The van der Waals surface area contributed by atoms with Crippen LogP contribution in [0, 0.1) is 0 Å². The number of carbonyl (C=O) groups is 1. The van der Waals surface area contributed by atoms with Crippen LogP contribution in [-0.2, 0) is 22.4 Å². The third-order valence-electron chi connectivity index (χ3n) is 4.95. The number of esters is 1. The van der Waals surface area contributed by atoms with Gasteiger partial charge in [0, 0.05) is 30.3 Å². The van der Waals surface area contributed by atoms with Crippen LogP contribution in [0.5, 0.6) is 5.75 Å². The Morgan fingerprint density at radius 1 is 1.17 bits per heavy atom. The second kappa shape index (κ2) is 14.7. The monoisotopic (exact) mass is 416 g/mol. The lowest BCUT2D eigenvalue weighted by molar-refractivity contribution is -0.142. The van der Waals surface area contributed by atoms with Gasteiger partial charge in [0.15, 0.2) is 0 Å². The topological polar surface area (TPSA) is 73.6 Å². The first-order valence-electron chi connectivity index (χ1n) is 11.3. The summed E-state index contributed by atoms with van der Waals surface area (Å²) < 4.78 is 11.4. The van der Waals surface area contributed by atoms with Crippen LogP contribution in [0.3, 0.4) is 0 Å². The number of nitrogens with two attached hydrogens (primary N) is 1. The number of allylic oxidation sites excluding steroid dienone is 2. The van der Waals surface area contributed by atoms with E-state index < -0.39 is 0 Å². The van der Waals surface area contributed by atoms with Crippen molar-refractivity contribution >= 4 is 5.97 Å². The van der Waals surface area contributed by atoms with Crippen LogP contribution in [0.2, 0.25) is 0 Å². The van der Waals surface area contributed by atoms with E-state index in [2.05, 4.69) is 45.2 Å². The van der Waals surface area contributed by atoms with Crippen LogP contribution in [0.1, 0.15) is 71.4 Å². The smallest absolute Gasteiger partial charge is 0.310 e. The lowest BCUT2D eigenvalue weighted by Gasteiger charge is -2.20. The summed E-state index contributed by atoms with van der Waals surface area (Å²) >= 11 is 0. The molecule has 0 aliphatic heterocycles. The SMILES string of the molecule is CC/C=C(/CN)NC(CC)C/C=C(\CC)Oc1cc(CC)ccc1CC(=O)OCC. The molecule has 30 heavy (non-hydrogen) atoms. The van der Waals surface area contributed by atoms with Gasteiger partial charge in [0.2, 0.25) is 0 Å². The number of benzene rings is 1. The van der Waals surface area contributed by atoms with Gasteiger partial charge in [-0.3, -0.25) is 4.79 Å². The minimum Gasteiger partial charge on any atom is -0.466 e. The van der Waals surface area contributed by atoms with Crippen molar-refractivity contribution < 1.29 is 14.3 Å². The molecule has 1 aromatic rings. The highest BCUT2D eigenvalue weighted by molar-refractivity contribution is 5.73. The summed E-state index contributed by atoms with van der Waals surface area (Å²) in [6.45, 7) is 11.2. The van der Waals surface area contributed by atoms with E-state index in [1.165, 1.54) is 5.56 Å². The van der Waals surface area contributed by atoms with Crippen molar-refractivity contribution in [1.29, 1.82) is 0 Å². The number of nitrogens with one attached hydrogen (secondary N) is 1. The van der Waals surface area contributed by atoms with Gasteiger partial charge in [-0.2, -0.15) is 0 Å². The first-order valence-corrected chi connectivity index (χ1v) is 11.3. The third kappa shape index (κ3) is 9.04. The molecule has 0 fully saturated rings. The first kappa shape index (κ1) is 25.8. The van der Waals surface area contributed by atoms with Crippen LogP contribution < -0.4 is 15.8 Å². The molecule has 0 aliphatic rings. The number of rotatable bonds is 14. The van der Waals surface area contributed by atoms with E-state index in [0.717, 1.165) is 54.9 Å². The Kier molecular flexibility index (Phi) is 12.6. The van der Waals surface area contributed by atoms with Gasteiger partial charge in [-0.1, -0.05) is 45.9 Å². The van der Waals surface area contributed by atoms with Crippen LogP contribution in [0.25, 0.3) is 0 Å². The Balaban J connectivity index is 2.97. The predicted molar refractivity (Wildman–Crippen MR) is 124 cm³/mol. The van der Waals surface area contributed by atoms with Crippen molar-refractivity contribution in [3.63, 3.8) is 0 Å². The van der Waals surface area contributed by atoms with E-state index in [4.69, 9.17) is 15.2 Å². The molecule has 0 radical (unpaired) electrons. The van der Waals surface area contributed by atoms with E-state index in [-0.39, 0.29) is 12.4 Å². The predicted octanol–water partition coefficient (Wildman–Crippen LogP) is 5.04. The fraction of sp³-hybridized carbons (Fsp3) is 0.560. The first-order chi connectivity index (χ1) is 14.5. The van der Waals surface area contributed by atoms with Gasteiger partial charge in [-0.05, 0) is 50.3 Å². The van der Waals surface area contributed by atoms with Gasteiger partial charge >= 0.3 is 5.97 Å². The van der Waals surface area contributed by atoms with Gasteiger partial charge in [0.1, 0.15) is 5.75 Å². The maximum absolute atomic E-state index is 12.0. The van der Waals surface area contributed by atoms with Gasteiger partial charge in [0.05, 0.1) is 18.8 Å². The average Bonchev–Trinajstić information content (AvgIpc) is 2.75. The molecular formula is C25H40N2O3. The Hall–Kier alpha value is -2.27. The molecule has 1 atom stereocenters. The molecule has 168 valence electrons. The molecule has 0 aliphatic carbocycles. The largest absolute Gasteiger partial charge is 0.466 e.